The fourth-order valence-corrected chi connectivity index (χ4v) is 4.93. The quantitative estimate of drug-likeness (QED) is 0.795. The van der Waals surface area contributed by atoms with Crippen molar-refractivity contribution in [1.82, 2.24) is 18.9 Å². The average molecular weight is 389 g/mol. The summed E-state index contributed by atoms with van der Waals surface area (Å²) in [4.78, 5) is 6.65. The molecule has 2 aromatic heterocycles. The van der Waals surface area contributed by atoms with Gasteiger partial charge in [0.1, 0.15) is 17.0 Å². The van der Waals surface area contributed by atoms with E-state index in [1.165, 1.54) is 6.33 Å². The molecule has 0 unspecified atom stereocenters. The molecule has 10 heteroatoms. The molecule has 0 amide bonds. The zero-order valence-corrected chi connectivity index (χ0v) is 15.3. The molecule has 2 fully saturated rings. The summed E-state index contributed by atoms with van der Waals surface area (Å²) in [5.41, 5.74) is 2.15. The molecule has 25 heavy (non-hydrogen) atoms. The molecule has 1 saturated carbocycles. The number of hydrogen-bond acceptors (Lipinski definition) is 6. The largest absolute Gasteiger partial charge is 0.354 e. The predicted octanol–water partition coefficient (Wildman–Crippen LogP) is 2.75. The van der Waals surface area contributed by atoms with Crippen LogP contribution in [0.2, 0.25) is 5.15 Å². The number of nitrogens with zero attached hydrogens (tertiary/aromatic N) is 5. The van der Waals surface area contributed by atoms with Gasteiger partial charge in [0.25, 0.3) is 6.43 Å². The van der Waals surface area contributed by atoms with Crippen molar-refractivity contribution in [2.24, 2.45) is 10.6 Å². The second-order valence-corrected chi connectivity index (χ2v) is 8.08. The van der Waals surface area contributed by atoms with E-state index in [1.807, 2.05) is 13.0 Å². The molecule has 1 aliphatic heterocycles. The molecule has 2 aliphatic rings. The predicted molar refractivity (Wildman–Crippen MR) is 94.9 cm³/mol. The molecule has 2 N–H and O–H groups in total. The van der Waals surface area contributed by atoms with Crippen LogP contribution in [-0.2, 0) is 0 Å². The van der Waals surface area contributed by atoms with Gasteiger partial charge in [0.05, 0.1) is 6.54 Å². The van der Waals surface area contributed by atoms with E-state index >= 15 is 0 Å². The summed E-state index contributed by atoms with van der Waals surface area (Å²) in [5.74, 6) is 0.881. The van der Waals surface area contributed by atoms with Crippen LogP contribution in [-0.4, -0.2) is 51.0 Å². The maximum absolute atomic E-state index is 12.6. The zero-order chi connectivity index (χ0) is 17.8. The molecule has 4 rings (SSSR count). The molecule has 3 heterocycles. The fourth-order valence-electron chi connectivity index (χ4n) is 4.12. The second kappa shape index (κ2) is 6.22. The summed E-state index contributed by atoms with van der Waals surface area (Å²) in [6.07, 6.45) is 0.935. The lowest BCUT2D eigenvalue weighted by molar-refractivity contribution is -0.000235. The van der Waals surface area contributed by atoms with E-state index in [0.29, 0.717) is 5.15 Å². The lowest BCUT2D eigenvalue weighted by Gasteiger charge is -2.60. The molecule has 6 nitrogen and oxygen atoms in total. The Kier molecular flexibility index (Phi) is 4.30. The van der Waals surface area contributed by atoms with Crippen molar-refractivity contribution < 1.29 is 8.78 Å². The van der Waals surface area contributed by atoms with Gasteiger partial charge in [-0.2, -0.15) is 5.10 Å². The van der Waals surface area contributed by atoms with E-state index in [1.54, 1.807) is 8.82 Å². The van der Waals surface area contributed by atoms with Crippen LogP contribution in [0.15, 0.2) is 12.4 Å². The molecule has 2 aromatic rings. The number of rotatable bonds is 5. The van der Waals surface area contributed by atoms with Gasteiger partial charge in [0.15, 0.2) is 5.82 Å². The Labute approximate surface area is 153 Å². The van der Waals surface area contributed by atoms with E-state index in [-0.39, 0.29) is 18.0 Å². The Morgan fingerprint density at radius 1 is 1.48 bits per heavy atom. The smallest absolute Gasteiger partial charge is 0.252 e. The van der Waals surface area contributed by atoms with Crippen molar-refractivity contribution in [1.29, 1.82) is 0 Å². The van der Waals surface area contributed by atoms with Crippen LogP contribution in [0.1, 0.15) is 18.4 Å². The Hall–Kier alpha value is -1.16. The molecule has 0 aromatic carbocycles. The summed E-state index contributed by atoms with van der Waals surface area (Å²) in [7, 11) is 0. The van der Waals surface area contributed by atoms with Crippen LogP contribution in [0.25, 0.3) is 5.52 Å². The molecule has 0 bridgehead atoms. The summed E-state index contributed by atoms with van der Waals surface area (Å²) in [6, 6.07) is 2.01. The Morgan fingerprint density at radius 3 is 2.84 bits per heavy atom. The molecular formula is C15H19ClF2N6S. The van der Waals surface area contributed by atoms with Crippen LogP contribution in [0.3, 0.4) is 0 Å². The highest BCUT2D eigenvalue weighted by Gasteiger charge is 2.54. The number of anilines is 1. The van der Waals surface area contributed by atoms with E-state index in [2.05, 4.69) is 15.0 Å². The number of aromatic nitrogens is 3. The third-order valence-electron chi connectivity index (χ3n) is 5.23. The molecule has 0 radical (unpaired) electrons. The van der Waals surface area contributed by atoms with Gasteiger partial charge in [-0.1, -0.05) is 11.6 Å². The highest BCUT2D eigenvalue weighted by Crippen LogP contribution is 2.52. The lowest BCUT2D eigenvalue weighted by atomic mass is 9.60. The van der Waals surface area contributed by atoms with Gasteiger partial charge < -0.3 is 4.90 Å². The minimum atomic E-state index is -2.36. The molecule has 1 saturated heterocycles. The topological polar surface area (TPSA) is 62.7 Å². The first kappa shape index (κ1) is 17.3. The number of aryl methyl sites for hydroxylation is 1. The second-order valence-electron chi connectivity index (χ2n) is 7.01. The number of nitrogens with two attached hydrogens (primary N) is 1. The van der Waals surface area contributed by atoms with E-state index in [9.17, 15) is 8.78 Å². The van der Waals surface area contributed by atoms with Crippen molar-refractivity contribution >= 4 is 35.1 Å². The molecule has 136 valence electrons. The van der Waals surface area contributed by atoms with Crippen LogP contribution in [0, 0.1) is 12.3 Å². The SMILES string of the molecule is Cc1cc(Cl)n2ncnc(N3CC4(CC(N(CC(F)F)SN)C4)C3)c12. The average Bonchev–Trinajstić information content (AvgIpc) is 2.78. The standard InChI is InChI=1S/C15H19ClF2N6S/c1-9-2-11(16)24-13(9)14(20-8-21-24)22-6-15(7-22)3-10(4-15)23(25-19)5-12(17)18/h2,8,10,12H,3-7,19H2,1H3. The molecule has 1 spiro atoms. The molecule has 1 aliphatic carbocycles. The van der Waals surface area contributed by atoms with Crippen molar-refractivity contribution in [2.75, 3.05) is 24.5 Å². The van der Waals surface area contributed by atoms with E-state index in [0.717, 1.165) is 55.0 Å². The van der Waals surface area contributed by atoms with E-state index < -0.39 is 6.43 Å². The third-order valence-corrected chi connectivity index (χ3v) is 6.22. The van der Waals surface area contributed by atoms with Crippen molar-refractivity contribution in [3.63, 3.8) is 0 Å². The van der Waals surface area contributed by atoms with Gasteiger partial charge in [0.2, 0.25) is 0 Å². The lowest BCUT2D eigenvalue weighted by Crippen LogP contribution is -2.66. The zero-order valence-electron chi connectivity index (χ0n) is 13.7. The monoisotopic (exact) mass is 388 g/mol. The van der Waals surface area contributed by atoms with E-state index in [4.69, 9.17) is 16.7 Å². The number of alkyl halides is 2. The van der Waals surface area contributed by atoms with Gasteiger partial charge in [0, 0.05) is 36.7 Å². The van der Waals surface area contributed by atoms with Gasteiger partial charge >= 0.3 is 0 Å². The number of fused-ring (bicyclic) bond motifs is 1. The first-order valence-corrected chi connectivity index (χ1v) is 9.29. The van der Waals surface area contributed by atoms with Crippen molar-refractivity contribution in [3.05, 3.63) is 23.1 Å². The van der Waals surface area contributed by atoms with Gasteiger partial charge in [-0.05, 0) is 31.4 Å². The number of hydrogen-bond donors (Lipinski definition) is 1. The van der Waals surface area contributed by atoms with Crippen LogP contribution < -0.4 is 10.0 Å². The van der Waals surface area contributed by atoms with Crippen LogP contribution in [0.4, 0.5) is 14.6 Å². The maximum Gasteiger partial charge on any atom is 0.252 e. The van der Waals surface area contributed by atoms with Crippen molar-refractivity contribution in [2.45, 2.75) is 32.2 Å². The first-order chi connectivity index (χ1) is 11.9. The molecule has 0 atom stereocenters. The Bertz CT molecular complexity index is 786. The van der Waals surface area contributed by atoms with Gasteiger partial charge in [-0.25, -0.2) is 22.6 Å². The summed E-state index contributed by atoms with van der Waals surface area (Å²) in [6.45, 7) is 3.45. The normalized spacial score (nSPS) is 19.9. The summed E-state index contributed by atoms with van der Waals surface area (Å²) < 4.78 is 28.5. The fraction of sp³-hybridized carbons (Fsp3) is 0.600. The summed E-state index contributed by atoms with van der Waals surface area (Å²) in [5, 5.41) is 10.3. The van der Waals surface area contributed by atoms with Gasteiger partial charge in [-0.3, -0.25) is 5.14 Å². The summed E-state index contributed by atoms with van der Waals surface area (Å²) >= 11 is 7.12. The highest BCUT2D eigenvalue weighted by molar-refractivity contribution is 7.94. The first-order valence-electron chi connectivity index (χ1n) is 8.08. The third kappa shape index (κ3) is 2.87. The number of halogens is 3. The Morgan fingerprint density at radius 2 is 2.20 bits per heavy atom. The highest BCUT2D eigenvalue weighted by atomic mass is 35.5. The molecular weight excluding hydrogens is 370 g/mol. The van der Waals surface area contributed by atoms with Crippen LogP contribution in [0.5, 0.6) is 0 Å². The van der Waals surface area contributed by atoms with Crippen LogP contribution >= 0.6 is 23.7 Å². The van der Waals surface area contributed by atoms with Gasteiger partial charge in [-0.15, -0.1) is 0 Å². The minimum absolute atomic E-state index is 0.126. The Balaban J connectivity index is 1.44. The maximum atomic E-state index is 12.6. The minimum Gasteiger partial charge on any atom is -0.354 e. The van der Waals surface area contributed by atoms with Crippen molar-refractivity contribution in [3.8, 4) is 0 Å².